The molecule has 0 aliphatic carbocycles. The molecule has 1 aromatic carbocycles. The summed E-state index contributed by atoms with van der Waals surface area (Å²) in [6.07, 6.45) is 0. The maximum atomic E-state index is 12.5. The van der Waals surface area contributed by atoms with E-state index in [1.807, 2.05) is 29.2 Å². The lowest BCUT2D eigenvalue weighted by Gasteiger charge is -2.42. The summed E-state index contributed by atoms with van der Waals surface area (Å²) in [6.45, 7) is 5.88. The van der Waals surface area contributed by atoms with Crippen molar-refractivity contribution in [1.29, 1.82) is 0 Å². The summed E-state index contributed by atoms with van der Waals surface area (Å²) in [5.74, 6) is 0.551. The van der Waals surface area contributed by atoms with Crippen molar-refractivity contribution in [3.63, 3.8) is 0 Å². The Morgan fingerprint density at radius 1 is 1.32 bits per heavy atom. The summed E-state index contributed by atoms with van der Waals surface area (Å²) < 4.78 is 0. The van der Waals surface area contributed by atoms with Gasteiger partial charge in [0.05, 0.1) is 0 Å². The summed E-state index contributed by atoms with van der Waals surface area (Å²) >= 11 is 5.82. The highest BCUT2D eigenvalue weighted by Crippen LogP contribution is 2.17. The summed E-state index contributed by atoms with van der Waals surface area (Å²) in [7, 11) is 2.12. The first-order valence-corrected chi connectivity index (χ1v) is 7.22. The quantitative estimate of drug-likeness (QED) is 0.778. The summed E-state index contributed by atoms with van der Waals surface area (Å²) in [6, 6.07) is 8.38. The Morgan fingerprint density at radius 3 is 2.53 bits per heavy atom. The van der Waals surface area contributed by atoms with Gasteiger partial charge in [0, 0.05) is 36.6 Å². The van der Waals surface area contributed by atoms with Crippen molar-refractivity contribution in [2.45, 2.75) is 31.8 Å². The Bertz CT molecular complexity index is 451. The Labute approximate surface area is 120 Å². The van der Waals surface area contributed by atoms with E-state index in [-0.39, 0.29) is 5.91 Å². The third-order valence-corrected chi connectivity index (χ3v) is 4.28. The second-order valence-corrected chi connectivity index (χ2v) is 5.67. The maximum Gasteiger partial charge on any atom is 0.253 e. The predicted octanol–water partition coefficient (Wildman–Crippen LogP) is 2.59. The molecule has 2 rings (SSSR count). The van der Waals surface area contributed by atoms with Gasteiger partial charge in [0.25, 0.3) is 5.91 Å². The van der Waals surface area contributed by atoms with Crippen LogP contribution >= 0.6 is 11.6 Å². The fourth-order valence-electron chi connectivity index (χ4n) is 2.54. The first kappa shape index (κ1) is 14.4. The van der Waals surface area contributed by atoms with Crippen LogP contribution in [0.1, 0.15) is 29.8 Å². The zero-order valence-electron chi connectivity index (χ0n) is 11.8. The highest BCUT2D eigenvalue weighted by atomic mass is 35.5. The lowest BCUT2D eigenvalue weighted by Crippen LogP contribution is -2.56. The van der Waals surface area contributed by atoms with Gasteiger partial charge < -0.3 is 4.90 Å². The topological polar surface area (TPSA) is 23.6 Å². The van der Waals surface area contributed by atoms with Gasteiger partial charge in [-0.15, -0.1) is 11.6 Å². The molecule has 0 aromatic heterocycles. The molecule has 1 aliphatic heterocycles. The third kappa shape index (κ3) is 3.10. The number of amides is 1. The molecule has 1 aromatic rings. The van der Waals surface area contributed by atoms with E-state index in [0.717, 1.165) is 24.2 Å². The van der Waals surface area contributed by atoms with Crippen LogP contribution in [0, 0.1) is 0 Å². The van der Waals surface area contributed by atoms with Crippen molar-refractivity contribution in [3.8, 4) is 0 Å². The number of rotatable bonds is 2. The number of carbonyl (C=O) groups is 1. The molecule has 0 saturated carbocycles. The number of alkyl halides is 1. The molecule has 0 bridgehead atoms. The number of halogens is 1. The van der Waals surface area contributed by atoms with E-state index in [1.54, 1.807) is 0 Å². The van der Waals surface area contributed by atoms with Crippen molar-refractivity contribution in [3.05, 3.63) is 35.4 Å². The summed E-state index contributed by atoms with van der Waals surface area (Å²) in [5, 5.41) is 0. The average Bonchev–Trinajstić information content (AvgIpc) is 2.43. The van der Waals surface area contributed by atoms with Crippen molar-refractivity contribution in [2.24, 2.45) is 0 Å². The molecule has 1 heterocycles. The van der Waals surface area contributed by atoms with Gasteiger partial charge in [-0.2, -0.15) is 0 Å². The van der Waals surface area contributed by atoms with Crippen molar-refractivity contribution < 1.29 is 4.79 Å². The molecule has 3 nitrogen and oxygen atoms in total. The molecule has 19 heavy (non-hydrogen) atoms. The van der Waals surface area contributed by atoms with Crippen LogP contribution < -0.4 is 0 Å². The number of piperazine rings is 1. The second-order valence-electron chi connectivity index (χ2n) is 5.41. The number of hydrogen-bond acceptors (Lipinski definition) is 2. The zero-order chi connectivity index (χ0) is 14.0. The molecule has 2 atom stereocenters. The summed E-state index contributed by atoms with van der Waals surface area (Å²) in [5.41, 5.74) is 1.73. The minimum Gasteiger partial charge on any atom is -0.336 e. The number of nitrogens with zero attached hydrogens (tertiary/aromatic N) is 2. The van der Waals surface area contributed by atoms with Gasteiger partial charge in [-0.25, -0.2) is 0 Å². The Hall–Kier alpha value is -1.06. The standard InChI is InChI=1S/C15H21ClN2O/c1-11-9-18(10-12(2)17(11)3)15(19)14-6-4-5-13(7-14)8-16/h4-7,11-12H,8-10H2,1-3H3. The Kier molecular flexibility index (Phi) is 4.48. The number of hydrogen-bond donors (Lipinski definition) is 0. The molecular formula is C15H21ClN2O. The molecule has 104 valence electrons. The van der Waals surface area contributed by atoms with Crippen LogP contribution in [0.4, 0.5) is 0 Å². The minimum absolute atomic E-state index is 0.110. The monoisotopic (exact) mass is 280 g/mol. The molecule has 1 fully saturated rings. The van der Waals surface area contributed by atoms with E-state index >= 15 is 0 Å². The Morgan fingerprint density at radius 2 is 1.95 bits per heavy atom. The molecular weight excluding hydrogens is 260 g/mol. The van der Waals surface area contributed by atoms with E-state index in [4.69, 9.17) is 11.6 Å². The molecule has 1 aliphatic rings. The normalized spacial score (nSPS) is 24.5. The molecule has 1 saturated heterocycles. The van der Waals surface area contributed by atoms with Gasteiger partial charge in [0.2, 0.25) is 0 Å². The smallest absolute Gasteiger partial charge is 0.253 e. The van der Waals surface area contributed by atoms with Gasteiger partial charge in [0.1, 0.15) is 0 Å². The van der Waals surface area contributed by atoms with Crippen LogP contribution in [0.3, 0.4) is 0 Å². The lowest BCUT2D eigenvalue weighted by molar-refractivity contribution is 0.0414. The number of likely N-dealkylation sites (N-methyl/N-ethyl adjacent to an activating group) is 1. The molecule has 0 radical (unpaired) electrons. The van der Waals surface area contributed by atoms with Gasteiger partial charge in [-0.3, -0.25) is 9.69 Å². The molecule has 0 spiro atoms. The lowest BCUT2D eigenvalue weighted by atomic mass is 10.1. The van der Waals surface area contributed by atoms with Crippen LogP contribution in [-0.2, 0) is 5.88 Å². The highest BCUT2D eigenvalue weighted by molar-refractivity contribution is 6.17. The van der Waals surface area contributed by atoms with Crippen molar-refractivity contribution >= 4 is 17.5 Å². The van der Waals surface area contributed by atoms with E-state index < -0.39 is 0 Å². The van der Waals surface area contributed by atoms with Crippen LogP contribution in [0.2, 0.25) is 0 Å². The molecule has 0 N–H and O–H groups in total. The van der Waals surface area contributed by atoms with Gasteiger partial charge in [-0.05, 0) is 38.6 Å². The zero-order valence-corrected chi connectivity index (χ0v) is 12.5. The highest BCUT2D eigenvalue weighted by Gasteiger charge is 2.29. The predicted molar refractivity (Wildman–Crippen MR) is 78.6 cm³/mol. The summed E-state index contributed by atoms with van der Waals surface area (Å²) in [4.78, 5) is 16.8. The van der Waals surface area contributed by atoms with Gasteiger partial charge in [-0.1, -0.05) is 12.1 Å². The van der Waals surface area contributed by atoms with E-state index in [0.29, 0.717) is 18.0 Å². The van der Waals surface area contributed by atoms with Crippen LogP contribution in [0.25, 0.3) is 0 Å². The van der Waals surface area contributed by atoms with Gasteiger partial charge in [0.15, 0.2) is 0 Å². The average molecular weight is 281 g/mol. The Balaban J connectivity index is 2.15. The van der Waals surface area contributed by atoms with Crippen LogP contribution in [-0.4, -0.2) is 47.9 Å². The molecule has 4 heteroatoms. The van der Waals surface area contributed by atoms with Crippen LogP contribution in [0.15, 0.2) is 24.3 Å². The first-order valence-electron chi connectivity index (χ1n) is 6.69. The first-order chi connectivity index (χ1) is 9.02. The van der Waals surface area contributed by atoms with E-state index in [1.165, 1.54) is 0 Å². The largest absolute Gasteiger partial charge is 0.336 e. The van der Waals surface area contributed by atoms with Crippen molar-refractivity contribution in [2.75, 3.05) is 20.1 Å². The molecule has 1 amide bonds. The SMILES string of the molecule is CC1CN(C(=O)c2cccc(CCl)c2)CC(C)N1C. The van der Waals surface area contributed by atoms with E-state index in [2.05, 4.69) is 25.8 Å². The minimum atomic E-state index is 0.110. The van der Waals surface area contributed by atoms with Gasteiger partial charge >= 0.3 is 0 Å². The second kappa shape index (κ2) is 5.93. The third-order valence-electron chi connectivity index (χ3n) is 3.98. The molecule has 2 unspecified atom stereocenters. The fraction of sp³-hybridized carbons (Fsp3) is 0.533. The van der Waals surface area contributed by atoms with Crippen LogP contribution in [0.5, 0.6) is 0 Å². The maximum absolute atomic E-state index is 12.5. The van der Waals surface area contributed by atoms with Crippen molar-refractivity contribution in [1.82, 2.24) is 9.80 Å². The number of benzene rings is 1. The van der Waals surface area contributed by atoms with E-state index in [9.17, 15) is 4.79 Å². The number of carbonyl (C=O) groups excluding carboxylic acids is 1. The fourth-order valence-corrected chi connectivity index (χ4v) is 2.71.